The summed E-state index contributed by atoms with van der Waals surface area (Å²) in [7, 11) is 0. The van der Waals surface area contributed by atoms with Gasteiger partial charge in [0, 0.05) is 10.4 Å². The predicted molar refractivity (Wildman–Crippen MR) is 47.5 cm³/mol. The fourth-order valence-electron chi connectivity index (χ4n) is 0.893. The van der Waals surface area contributed by atoms with E-state index < -0.39 is 6.10 Å². The van der Waals surface area contributed by atoms with Crippen LogP contribution in [0.5, 0.6) is 0 Å². The zero-order valence-corrected chi connectivity index (χ0v) is 7.40. The van der Waals surface area contributed by atoms with Crippen LogP contribution in [0.2, 0.25) is 0 Å². The lowest BCUT2D eigenvalue weighted by Gasteiger charge is -2.00. The van der Waals surface area contributed by atoms with Crippen molar-refractivity contribution in [3.63, 3.8) is 0 Å². The standard InChI is InChI=1S/C9H10OS/c1-3-4-9(10)8-5-6-11-7(8)2/h5-6,9-10H,1-2H3. The Morgan fingerprint density at radius 2 is 2.36 bits per heavy atom. The van der Waals surface area contributed by atoms with Crippen molar-refractivity contribution in [3.05, 3.63) is 21.9 Å². The highest BCUT2D eigenvalue weighted by Crippen LogP contribution is 2.21. The molecule has 1 N–H and O–H groups in total. The van der Waals surface area contributed by atoms with E-state index in [9.17, 15) is 5.11 Å². The summed E-state index contributed by atoms with van der Waals surface area (Å²) in [5.74, 6) is 5.39. The quantitative estimate of drug-likeness (QED) is 0.633. The van der Waals surface area contributed by atoms with Gasteiger partial charge in [0.1, 0.15) is 6.10 Å². The maximum Gasteiger partial charge on any atom is 0.141 e. The monoisotopic (exact) mass is 166 g/mol. The summed E-state index contributed by atoms with van der Waals surface area (Å²) in [6.45, 7) is 3.71. The zero-order chi connectivity index (χ0) is 8.27. The van der Waals surface area contributed by atoms with Gasteiger partial charge < -0.3 is 5.11 Å². The first-order chi connectivity index (χ1) is 5.25. The molecular weight excluding hydrogens is 156 g/mol. The van der Waals surface area contributed by atoms with Gasteiger partial charge in [-0.2, -0.15) is 0 Å². The number of aliphatic hydroxyl groups is 1. The van der Waals surface area contributed by atoms with Crippen LogP contribution in [0.1, 0.15) is 23.5 Å². The fraction of sp³-hybridized carbons (Fsp3) is 0.333. The highest BCUT2D eigenvalue weighted by Gasteiger charge is 2.06. The Labute approximate surface area is 70.7 Å². The normalized spacial score (nSPS) is 11.9. The molecule has 0 aliphatic heterocycles. The number of thiophene rings is 1. The Bertz CT molecular complexity index is 290. The molecule has 11 heavy (non-hydrogen) atoms. The minimum Gasteiger partial charge on any atom is -0.376 e. The second-order valence-electron chi connectivity index (χ2n) is 2.23. The highest BCUT2D eigenvalue weighted by molar-refractivity contribution is 7.10. The molecule has 1 aromatic heterocycles. The van der Waals surface area contributed by atoms with Crippen molar-refractivity contribution in [3.8, 4) is 11.8 Å². The van der Waals surface area contributed by atoms with Crippen molar-refractivity contribution < 1.29 is 5.11 Å². The fourth-order valence-corrected chi connectivity index (χ4v) is 1.63. The average molecular weight is 166 g/mol. The van der Waals surface area contributed by atoms with E-state index in [1.54, 1.807) is 18.3 Å². The second kappa shape index (κ2) is 3.56. The summed E-state index contributed by atoms with van der Waals surface area (Å²) < 4.78 is 0. The minimum absolute atomic E-state index is 0.605. The molecule has 0 bridgehead atoms. The molecule has 1 heterocycles. The highest BCUT2D eigenvalue weighted by atomic mass is 32.1. The predicted octanol–water partition coefficient (Wildman–Crippen LogP) is 2.11. The van der Waals surface area contributed by atoms with E-state index in [1.165, 1.54) is 0 Å². The lowest BCUT2D eigenvalue weighted by atomic mass is 10.1. The lowest BCUT2D eigenvalue weighted by Crippen LogP contribution is -1.92. The second-order valence-corrected chi connectivity index (χ2v) is 3.35. The van der Waals surface area contributed by atoms with Crippen molar-refractivity contribution >= 4 is 11.3 Å². The molecule has 1 unspecified atom stereocenters. The summed E-state index contributed by atoms with van der Waals surface area (Å²) in [6.07, 6.45) is -0.605. The van der Waals surface area contributed by atoms with Crippen LogP contribution >= 0.6 is 11.3 Å². The van der Waals surface area contributed by atoms with Gasteiger partial charge in [0.2, 0.25) is 0 Å². The van der Waals surface area contributed by atoms with Crippen molar-refractivity contribution in [1.29, 1.82) is 0 Å². The third-order valence-corrected chi connectivity index (χ3v) is 2.34. The van der Waals surface area contributed by atoms with Crippen LogP contribution in [0.25, 0.3) is 0 Å². The maximum atomic E-state index is 9.42. The maximum absolute atomic E-state index is 9.42. The topological polar surface area (TPSA) is 20.2 Å². The van der Waals surface area contributed by atoms with Gasteiger partial charge in [-0.25, -0.2) is 0 Å². The molecular formula is C9H10OS. The lowest BCUT2D eigenvalue weighted by molar-refractivity contribution is 0.238. The molecule has 1 atom stereocenters. The average Bonchev–Trinajstić information content (AvgIpc) is 2.36. The third kappa shape index (κ3) is 1.83. The summed E-state index contributed by atoms with van der Waals surface area (Å²) in [5, 5.41) is 11.4. The molecule has 1 rings (SSSR count). The van der Waals surface area contributed by atoms with E-state index in [4.69, 9.17) is 0 Å². The third-order valence-electron chi connectivity index (χ3n) is 1.47. The van der Waals surface area contributed by atoms with E-state index in [0.717, 1.165) is 10.4 Å². The zero-order valence-electron chi connectivity index (χ0n) is 6.59. The number of aliphatic hydroxyl groups excluding tert-OH is 1. The Kier molecular flexibility index (Phi) is 2.70. The van der Waals surface area contributed by atoms with Crippen LogP contribution < -0.4 is 0 Å². The largest absolute Gasteiger partial charge is 0.376 e. The smallest absolute Gasteiger partial charge is 0.141 e. The molecule has 0 spiro atoms. The molecule has 0 aromatic carbocycles. The Morgan fingerprint density at radius 1 is 1.64 bits per heavy atom. The van der Waals surface area contributed by atoms with E-state index in [0.29, 0.717) is 0 Å². The number of aryl methyl sites for hydroxylation is 1. The molecule has 1 nitrogen and oxygen atoms in total. The van der Waals surface area contributed by atoms with Gasteiger partial charge in [0.05, 0.1) is 0 Å². The van der Waals surface area contributed by atoms with Crippen molar-refractivity contribution in [2.45, 2.75) is 20.0 Å². The molecule has 0 aliphatic carbocycles. The van der Waals surface area contributed by atoms with Gasteiger partial charge >= 0.3 is 0 Å². The summed E-state index contributed by atoms with van der Waals surface area (Å²) >= 11 is 1.63. The van der Waals surface area contributed by atoms with Crippen LogP contribution in [0.4, 0.5) is 0 Å². The minimum atomic E-state index is -0.605. The van der Waals surface area contributed by atoms with Gasteiger partial charge in [0.15, 0.2) is 0 Å². The molecule has 2 heteroatoms. The number of rotatable bonds is 1. The first-order valence-corrected chi connectivity index (χ1v) is 4.28. The SMILES string of the molecule is CC#CC(O)c1ccsc1C. The van der Waals surface area contributed by atoms with Gasteiger partial charge in [-0.05, 0) is 25.3 Å². The first-order valence-electron chi connectivity index (χ1n) is 3.40. The van der Waals surface area contributed by atoms with Crippen molar-refractivity contribution in [1.82, 2.24) is 0 Å². The van der Waals surface area contributed by atoms with Gasteiger partial charge in [-0.1, -0.05) is 5.92 Å². The summed E-state index contributed by atoms with van der Waals surface area (Å²) in [4.78, 5) is 1.14. The molecule has 0 saturated carbocycles. The van der Waals surface area contributed by atoms with Crippen LogP contribution in [-0.2, 0) is 0 Å². The molecule has 0 amide bonds. The van der Waals surface area contributed by atoms with Crippen LogP contribution in [0, 0.1) is 18.8 Å². The molecule has 1 aromatic rings. The van der Waals surface area contributed by atoms with E-state index >= 15 is 0 Å². The number of hydrogen-bond acceptors (Lipinski definition) is 2. The summed E-state index contributed by atoms with van der Waals surface area (Å²) in [6, 6.07) is 1.91. The van der Waals surface area contributed by atoms with Gasteiger partial charge in [-0.15, -0.1) is 17.3 Å². The van der Waals surface area contributed by atoms with Crippen molar-refractivity contribution in [2.75, 3.05) is 0 Å². The Hall–Kier alpha value is -0.780. The molecule has 0 radical (unpaired) electrons. The van der Waals surface area contributed by atoms with E-state index in [-0.39, 0.29) is 0 Å². The molecule has 58 valence electrons. The van der Waals surface area contributed by atoms with Gasteiger partial charge in [0.25, 0.3) is 0 Å². The van der Waals surface area contributed by atoms with Crippen LogP contribution in [0.15, 0.2) is 11.4 Å². The van der Waals surface area contributed by atoms with Crippen LogP contribution in [-0.4, -0.2) is 5.11 Å². The molecule has 0 saturated heterocycles. The molecule has 0 aliphatic rings. The number of hydrogen-bond donors (Lipinski definition) is 1. The van der Waals surface area contributed by atoms with Gasteiger partial charge in [-0.3, -0.25) is 0 Å². The first kappa shape index (κ1) is 8.32. The molecule has 0 fully saturated rings. The Morgan fingerprint density at radius 3 is 2.82 bits per heavy atom. The van der Waals surface area contributed by atoms with E-state index in [2.05, 4.69) is 11.8 Å². The van der Waals surface area contributed by atoms with Crippen molar-refractivity contribution in [2.24, 2.45) is 0 Å². The summed E-state index contributed by atoms with van der Waals surface area (Å²) in [5.41, 5.74) is 0.935. The van der Waals surface area contributed by atoms with E-state index in [1.807, 2.05) is 18.4 Å². The Balaban J connectivity index is 2.89. The van der Waals surface area contributed by atoms with Crippen LogP contribution in [0.3, 0.4) is 0 Å².